The average molecular weight is 398 g/mol. The minimum Gasteiger partial charge on any atom is -0.493 e. The molecule has 29 heavy (non-hydrogen) atoms. The van der Waals surface area contributed by atoms with Crippen LogP contribution in [0.4, 0.5) is 0 Å². The molecule has 0 spiro atoms. The summed E-state index contributed by atoms with van der Waals surface area (Å²) >= 11 is 0. The van der Waals surface area contributed by atoms with E-state index in [0.717, 1.165) is 48.5 Å². The van der Waals surface area contributed by atoms with Gasteiger partial charge < -0.3 is 19.5 Å². The van der Waals surface area contributed by atoms with Crippen LogP contribution >= 0.6 is 0 Å². The maximum Gasteiger partial charge on any atom is 0.260 e. The minimum absolute atomic E-state index is 0.0879. The first-order valence-corrected chi connectivity index (χ1v) is 10.4. The molecule has 2 aromatic rings. The van der Waals surface area contributed by atoms with Gasteiger partial charge in [0.15, 0.2) is 17.6 Å². The predicted molar refractivity (Wildman–Crippen MR) is 114 cm³/mol. The molecular formula is C24H31NO4. The highest BCUT2D eigenvalue weighted by Gasteiger charge is 2.16. The van der Waals surface area contributed by atoms with Gasteiger partial charge in [-0.3, -0.25) is 4.79 Å². The Kier molecular flexibility index (Phi) is 7.39. The van der Waals surface area contributed by atoms with Gasteiger partial charge in [-0.2, -0.15) is 0 Å². The fraction of sp³-hybridized carbons (Fsp3) is 0.458. The normalized spacial score (nSPS) is 13.9. The summed E-state index contributed by atoms with van der Waals surface area (Å²) in [7, 11) is 3.26. The maximum atomic E-state index is 12.4. The molecule has 0 fully saturated rings. The number of fused-ring (bicyclic) bond motifs is 1. The summed E-state index contributed by atoms with van der Waals surface area (Å²) in [4.78, 5) is 12.4. The van der Waals surface area contributed by atoms with Crippen molar-refractivity contribution in [1.29, 1.82) is 0 Å². The number of benzene rings is 2. The molecule has 0 heterocycles. The fourth-order valence-electron chi connectivity index (χ4n) is 3.72. The topological polar surface area (TPSA) is 56.8 Å². The molecule has 0 aromatic heterocycles. The van der Waals surface area contributed by atoms with Crippen LogP contribution in [-0.4, -0.2) is 32.8 Å². The second kappa shape index (κ2) is 10.2. The first-order chi connectivity index (χ1) is 14.1. The van der Waals surface area contributed by atoms with E-state index < -0.39 is 6.10 Å². The van der Waals surface area contributed by atoms with Gasteiger partial charge in [0.1, 0.15) is 5.75 Å². The molecule has 1 aliphatic rings. The molecule has 5 heteroatoms. The standard InChI is InChI=1S/C24H31NO4/c1-17(29-21-12-11-19-8-4-5-9-20(19)16-21)24(26)25-14-6-7-18-10-13-22(27-2)23(15-18)28-3/h10-13,15-17H,4-9,14H2,1-3H3,(H,25,26). The molecule has 0 aliphatic heterocycles. The van der Waals surface area contributed by atoms with Crippen molar-refractivity contribution < 1.29 is 19.0 Å². The van der Waals surface area contributed by atoms with E-state index >= 15 is 0 Å². The van der Waals surface area contributed by atoms with Crippen molar-refractivity contribution in [2.24, 2.45) is 0 Å². The average Bonchev–Trinajstić information content (AvgIpc) is 2.76. The lowest BCUT2D eigenvalue weighted by atomic mass is 9.92. The number of rotatable bonds is 9. The molecule has 1 N–H and O–H groups in total. The third-order valence-electron chi connectivity index (χ3n) is 5.39. The van der Waals surface area contributed by atoms with Gasteiger partial charge in [0.05, 0.1) is 14.2 Å². The van der Waals surface area contributed by atoms with Gasteiger partial charge in [-0.1, -0.05) is 12.1 Å². The van der Waals surface area contributed by atoms with Crippen molar-refractivity contribution in [3.8, 4) is 17.2 Å². The van der Waals surface area contributed by atoms with E-state index in [-0.39, 0.29) is 5.91 Å². The number of amides is 1. The highest BCUT2D eigenvalue weighted by molar-refractivity contribution is 5.80. The monoisotopic (exact) mass is 397 g/mol. The maximum absolute atomic E-state index is 12.4. The molecule has 0 saturated carbocycles. The van der Waals surface area contributed by atoms with Crippen LogP contribution in [0.3, 0.4) is 0 Å². The van der Waals surface area contributed by atoms with Gasteiger partial charge in [0.2, 0.25) is 0 Å². The second-order valence-electron chi connectivity index (χ2n) is 7.48. The summed E-state index contributed by atoms with van der Waals surface area (Å²) in [5.74, 6) is 2.13. The minimum atomic E-state index is -0.516. The Bertz CT molecular complexity index is 834. The lowest BCUT2D eigenvalue weighted by molar-refractivity contribution is -0.127. The zero-order chi connectivity index (χ0) is 20.6. The molecule has 3 rings (SSSR count). The largest absolute Gasteiger partial charge is 0.493 e. The van der Waals surface area contributed by atoms with Crippen molar-refractivity contribution in [2.75, 3.05) is 20.8 Å². The molecule has 5 nitrogen and oxygen atoms in total. The Labute approximate surface area is 173 Å². The van der Waals surface area contributed by atoms with Gasteiger partial charge in [-0.25, -0.2) is 0 Å². The van der Waals surface area contributed by atoms with Crippen LogP contribution in [0, 0.1) is 0 Å². The molecule has 0 radical (unpaired) electrons. The molecule has 1 amide bonds. The molecule has 0 saturated heterocycles. The SMILES string of the molecule is COc1ccc(CCCNC(=O)C(C)Oc2ccc3c(c2)CCCC3)cc1OC. The van der Waals surface area contributed by atoms with E-state index in [4.69, 9.17) is 14.2 Å². The molecule has 1 atom stereocenters. The molecular weight excluding hydrogens is 366 g/mol. The summed E-state index contributed by atoms with van der Waals surface area (Å²) in [5, 5.41) is 2.97. The molecule has 1 unspecified atom stereocenters. The first-order valence-electron chi connectivity index (χ1n) is 10.4. The molecule has 2 aromatic carbocycles. The summed E-state index contributed by atoms with van der Waals surface area (Å²) in [6, 6.07) is 12.1. The van der Waals surface area contributed by atoms with Crippen molar-refractivity contribution in [3.05, 3.63) is 53.1 Å². The van der Waals surface area contributed by atoms with E-state index in [9.17, 15) is 4.79 Å². The van der Waals surface area contributed by atoms with E-state index in [1.165, 1.54) is 24.0 Å². The van der Waals surface area contributed by atoms with Crippen LogP contribution in [-0.2, 0) is 24.1 Å². The van der Waals surface area contributed by atoms with Crippen molar-refractivity contribution in [2.45, 2.75) is 51.6 Å². The quantitative estimate of drug-likeness (QED) is 0.647. The van der Waals surface area contributed by atoms with Crippen LogP contribution < -0.4 is 19.5 Å². The van der Waals surface area contributed by atoms with Crippen molar-refractivity contribution in [1.82, 2.24) is 5.32 Å². The summed E-state index contributed by atoms with van der Waals surface area (Å²) < 4.78 is 16.5. The number of methoxy groups -OCH3 is 2. The zero-order valence-corrected chi connectivity index (χ0v) is 17.6. The number of hydrogen-bond acceptors (Lipinski definition) is 4. The third-order valence-corrected chi connectivity index (χ3v) is 5.39. The van der Waals surface area contributed by atoms with Crippen LogP contribution in [0.5, 0.6) is 17.2 Å². The highest BCUT2D eigenvalue weighted by Crippen LogP contribution is 2.28. The lowest BCUT2D eigenvalue weighted by Crippen LogP contribution is -2.37. The number of ether oxygens (including phenoxy) is 3. The van der Waals surface area contributed by atoms with E-state index in [1.54, 1.807) is 21.1 Å². The van der Waals surface area contributed by atoms with Gasteiger partial charge in [0.25, 0.3) is 5.91 Å². The Morgan fingerprint density at radius 2 is 1.76 bits per heavy atom. The summed E-state index contributed by atoms with van der Waals surface area (Å²) in [6.45, 7) is 2.40. The van der Waals surface area contributed by atoms with Crippen molar-refractivity contribution >= 4 is 5.91 Å². The Morgan fingerprint density at radius 1 is 1.00 bits per heavy atom. The summed E-state index contributed by atoms with van der Waals surface area (Å²) in [5.41, 5.74) is 3.92. The summed E-state index contributed by atoms with van der Waals surface area (Å²) in [6.07, 6.45) is 5.90. The van der Waals surface area contributed by atoms with Crippen LogP contribution in [0.1, 0.15) is 42.9 Å². The molecule has 0 bridgehead atoms. The van der Waals surface area contributed by atoms with Crippen LogP contribution in [0.25, 0.3) is 0 Å². The van der Waals surface area contributed by atoms with Crippen molar-refractivity contribution in [3.63, 3.8) is 0 Å². The van der Waals surface area contributed by atoms with Gasteiger partial charge in [-0.15, -0.1) is 0 Å². The Balaban J connectivity index is 1.43. The number of hydrogen-bond donors (Lipinski definition) is 1. The smallest absolute Gasteiger partial charge is 0.260 e. The Hall–Kier alpha value is -2.69. The number of carbonyl (C=O) groups is 1. The zero-order valence-electron chi connectivity index (χ0n) is 17.6. The number of nitrogens with one attached hydrogen (secondary N) is 1. The van der Waals surface area contributed by atoms with Crippen LogP contribution in [0.15, 0.2) is 36.4 Å². The third kappa shape index (κ3) is 5.66. The van der Waals surface area contributed by atoms with Gasteiger partial charge in [0, 0.05) is 6.54 Å². The van der Waals surface area contributed by atoms with E-state index in [2.05, 4.69) is 17.4 Å². The van der Waals surface area contributed by atoms with Gasteiger partial charge >= 0.3 is 0 Å². The van der Waals surface area contributed by atoms with Crippen LogP contribution in [0.2, 0.25) is 0 Å². The van der Waals surface area contributed by atoms with Gasteiger partial charge in [-0.05, 0) is 86.4 Å². The second-order valence-corrected chi connectivity index (χ2v) is 7.48. The molecule has 156 valence electrons. The molecule has 1 aliphatic carbocycles. The predicted octanol–water partition coefficient (Wildman–Crippen LogP) is 4.10. The van der Waals surface area contributed by atoms with E-state index in [1.807, 2.05) is 24.3 Å². The Morgan fingerprint density at radius 3 is 2.52 bits per heavy atom. The number of carbonyl (C=O) groups excluding carboxylic acids is 1. The lowest BCUT2D eigenvalue weighted by Gasteiger charge is -2.19. The van der Waals surface area contributed by atoms with E-state index in [0.29, 0.717) is 6.54 Å². The fourth-order valence-corrected chi connectivity index (χ4v) is 3.72. The highest BCUT2D eigenvalue weighted by atomic mass is 16.5. The first kappa shape index (κ1) is 21.0. The number of aryl methyl sites for hydroxylation is 3.